The number of aryl methyl sites for hydroxylation is 1. The molecule has 4 nitrogen and oxygen atoms in total. The van der Waals surface area contributed by atoms with Gasteiger partial charge in [-0.3, -0.25) is 0 Å². The zero-order valence-corrected chi connectivity index (χ0v) is 10.5. The van der Waals surface area contributed by atoms with E-state index < -0.39 is 5.82 Å². The van der Waals surface area contributed by atoms with E-state index in [1.54, 1.807) is 13.0 Å². The van der Waals surface area contributed by atoms with Crippen LogP contribution < -0.4 is 11.3 Å². The van der Waals surface area contributed by atoms with E-state index in [2.05, 4.69) is 15.4 Å². The van der Waals surface area contributed by atoms with Gasteiger partial charge in [0.05, 0.1) is 5.69 Å². The van der Waals surface area contributed by atoms with E-state index >= 15 is 0 Å². The van der Waals surface area contributed by atoms with E-state index in [1.807, 2.05) is 18.2 Å². The molecule has 0 bridgehead atoms. The van der Waals surface area contributed by atoms with E-state index in [1.165, 1.54) is 0 Å². The summed E-state index contributed by atoms with van der Waals surface area (Å²) in [6, 6.07) is 7.38. The predicted octanol–water partition coefficient (Wildman–Crippen LogP) is 2.45. The molecule has 94 valence electrons. The Kier molecular flexibility index (Phi) is 3.74. The average Bonchev–Trinajstić information content (AvgIpc) is 2.36. The lowest BCUT2D eigenvalue weighted by molar-refractivity contribution is 0.601. The van der Waals surface area contributed by atoms with Crippen LogP contribution in [0.5, 0.6) is 0 Å². The quantitative estimate of drug-likeness (QED) is 0.662. The maximum absolute atomic E-state index is 13.5. The molecular formula is C12H12ClFN4. The number of nitrogen functional groups attached to an aromatic ring is 1. The van der Waals surface area contributed by atoms with Crippen LogP contribution in [0.3, 0.4) is 0 Å². The number of nitrogens with one attached hydrogen (secondary N) is 1. The molecule has 0 radical (unpaired) electrons. The second kappa shape index (κ2) is 5.29. The fraction of sp³-hybridized carbons (Fsp3) is 0.167. The molecule has 1 heterocycles. The minimum atomic E-state index is -0.541. The van der Waals surface area contributed by atoms with E-state index in [9.17, 15) is 4.39 Å². The summed E-state index contributed by atoms with van der Waals surface area (Å²) < 4.78 is 13.5. The van der Waals surface area contributed by atoms with Crippen molar-refractivity contribution < 1.29 is 4.39 Å². The van der Waals surface area contributed by atoms with E-state index in [0.29, 0.717) is 17.3 Å². The summed E-state index contributed by atoms with van der Waals surface area (Å²) in [4.78, 5) is 8.08. The Morgan fingerprint density at radius 1 is 1.33 bits per heavy atom. The normalized spacial score (nSPS) is 10.4. The van der Waals surface area contributed by atoms with Crippen molar-refractivity contribution in [3.63, 3.8) is 0 Å². The van der Waals surface area contributed by atoms with E-state index in [-0.39, 0.29) is 11.5 Å². The van der Waals surface area contributed by atoms with Gasteiger partial charge in [-0.15, -0.1) is 0 Å². The minimum absolute atomic E-state index is 0.00967. The molecule has 0 saturated carbocycles. The van der Waals surface area contributed by atoms with Gasteiger partial charge in [-0.25, -0.2) is 20.2 Å². The highest BCUT2D eigenvalue weighted by Gasteiger charge is 2.11. The van der Waals surface area contributed by atoms with Gasteiger partial charge in [0.15, 0.2) is 11.6 Å². The smallest absolute Gasteiger partial charge is 0.187 e. The zero-order chi connectivity index (χ0) is 13.1. The van der Waals surface area contributed by atoms with Crippen LogP contribution in [0, 0.1) is 12.7 Å². The minimum Gasteiger partial charge on any atom is -0.306 e. The summed E-state index contributed by atoms with van der Waals surface area (Å²) in [6.45, 7) is 1.56. The van der Waals surface area contributed by atoms with Crippen LogP contribution in [0.1, 0.15) is 17.1 Å². The second-order valence-electron chi connectivity index (χ2n) is 3.80. The molecule has 1 aromatic heterocycles. The maximum atomic E-state index is 13.5. The van der Waals surface area contributed by atoms with Crippen molar-refractivity contribution >= 4 is 17.4 Å². The van der Waals surface area contributed by atoms with E-state index in [4.69, 9.17) is 17.4 Å². The molecule has 2 rings (SSSR count). The van der Waals surface area contributed by atoms with Crippen LogP contribution in [0.25, 0.3) is 0 Å². The Morgan fingerprint density at radius 2 is 2.06 bits per heavy atom. The summed E-state index contributed by atoms with van der Waals surface area (Å²) in [7, 11) is 0. The third kappa shape index (κ3) is 2.57. The maximum Gasteiger partial charge on any atom is 0.187 e. The lowest BCUT2D eigenvalue weighted by atomic mass is 10.1. The monoisotopic (exact) mass is 266 g/mol. The lowest BCUT2D eigenvalue weighted by Gasteiger charge is -2.08. The molecule has 2 aromatic rings. The molecule has 0 amide bonds. The summed E-state index contributed by atoms with van der Waals surface area (Å²) >= 11 is 6.05. The topological polar surface area (TPSA) is 63.8 Å². The van der Waals surface area contributed by atoms with Crippen molar-refractivity contribution in [2.24, 2.45) is 5.84 Å². The largest absolute Gasteiger partial charge is 0.306 e. The Hall–Kier alpha value is -1.72. The number of benzene rings is 1. The molecule has 0 fully saturated rings. The fourth-order valence-electron chi connectivity index (χ4n) is 1.60. The van der Waals surface area contributed by atoms with Crippen LogP contribution >= 0.6 is 11.6 Å². The van der Waals surface area contributed by atoms with Crippen LogP contribution in [0.15, 0.2) is 24.3 Å². The highest BCUT2D eigenvalue weighted by molar-refractivity contribution is 6.31. The fourth-order valence-corrected chi connectivity index (χ4v) is 1.81. The third-order valence-corrected chi connectivity index (χ3v) is 2.88. The van der Waals surface area contributed by atoms with Crippen molar-refractivity contribution in [2.75, 3.05) is 5.43 Å². The van der Waals surface area contributed by atoms with E-state index in [0.717, 1.165) is 5.56 Å². The predicted molar refractivity (Wildman–Crippen MR) is 68.8 cm³/mol. The zero-order valence-electron chi connectivity index (χ0n) is 9.74. The van der Waals surface area contributed by atoms with Gasteiger partial charge in [-0.1, -0.05) is 29.8 Å². The van der Waals surface area contributed by atoms with Gasteiger partial charge in [-0.05, 0) is 18.6 Å². The van der Waals surface area contributed by atoms with Crippen LogP contribution in [0.2, 0.25) is 5.02 Å². The van der Waals surface area contributed by atoms with Gasteiger partial charge in [-0.2, -0.15) is 0 Å². The SMILES string of the molecule is Cc1nc(Cc2ccccc2Cl)nc(NN)c1F. The molecule has 0 atom stereocenters. The van der Waals surface area contributed by atoms with Crippen molar-refractivity contribution in [3.05, 3.63) is 52.2 Å². The number of aromatic nitrogens is 2. The molecular weight excluding hydrogens is 255 g/mol. The highest BCUT2D eigenvalue weighted by Crippen LogP contribution is 2.19. The Morgan fingerprint density at radius 3 is 2.72 bits per heavy atom. The standard InChI is InChI=1S/C12H12ClFN4/c1-7-11(14)12(18-15)17-10(16-7)6-8-4-2-3-5-9(8)13/h2-5H,6,15H2,1H3,(H,16,17,18). The number of anilines is 1. The first kappa shape index (κ1) is 12.7. The van der Waals surface area contributed by atoms with Crippen LogP contribution in [0.4, 0.5) is 10.2 Å². The summed E-state index contributed by atoms with van der Waals surface area (Å²) in [5, 5.41) is 0.630. The summed E-state index contributed by atoms with van der Waals surface area (Å²) in [5.41, 5.74) is 3.35. The lowest BCUT2D eigenvalue weighted by Crippen LogP contribution is -2.14. The Labute approximate surface area is 109 Å². The first-order valence-electron chi connectivity index (χ1n) is 5.35. The molecule has 0 aliphatic carbocycles. The first-order chi connectivity index (χ1) is 8.61. The molecule has 0 aliphatic heterocycles. The van der Waals surface area contributed by atoms with Gasteiger partial charge >= 0.3 is 0 Å². The molecule has 0 saturated heterocycles. The number of hydrogen-bond acceptors (Lipinski definition) is 4. The van der Waals surface area contributed by atoms with Gasteiger partial charge < -0.3 is 5.43 Å². The average molecular weight is 267 g/mol. The number of rotatable bonds is 3. The summed E-state index contributed by atoms with van der Waals surface area (Å²) in [5.74, 6) is 5.12. The Balaban J connectivity index is 2.36. The molecule has 1 aromatic carbocycles. The van der Waals surface area contributed by atoms with Crippen molar-refractivity contribution in [3.8, 4) is 0 Å². The van der Waals surface area contributed by atoms with Crippen molar-refractivity contribution in [1.82, 2.24) is 9.97 Å². The van der Waals surface area contributed by atoms with Gasteiger partial charge in [0.2, 0.25) is 0 Å². The number of halogens is 2. The molecule has 0 aliphatic rings. The highest BCUT2D eigenvalue weighted by atomic mass is 35.5. The van der Waals surface area contributed by atoms with Crippen LogP contribution in [-0.4, -0.2) is 9.97 Å². The number of nitrogens with two attached hydrogens (primary N) is 1. The molecule has 3 N–H and O–H groups in total. The Bertz CT molecular complexity index is 574. The van der Waals surface area contributed by atoms with Crippen molar-refractivity contribution in [1.29, 1.82) is 0 Å². The number of hydrazine groups is 1. The van der Waals surface area contributed by atoms with Gasteiger partial charge in [0.25, 0.3) is 0 Å². The van der Waals surface area contributed by atoms with Gasteiger partial charge in [0.1, 0.15) is 5.82 Å². The second-order valence-corrected chi connectivity index (χ2v) is 4.21. The molecule has 6 heteroatoms. The van der Waals surface area contributed by atoms with Crippen molar-refractivity contribution in [2.45, 2.75) is 13.3 Å². The van der Waals surface area contributed by atoms with Gasteiger partial charge in [0, 0.05) is 11.4 Å². The molecule has 18 heavy (non-hydrogen) atoms. The summed E-state index contributed by atoms with van der Waals surface area (Å²) in [6.07, 6.45) is 0.426. The third-order valence-electron chi connectivity index (χ3n) is 2.51. The first-order valence-corrected chi connectivity index (χ1v) is 5.72. The molecule has 0 unspecified atom stereocenters. The molecule has 0 spiro atoms. The number of hydrogen-bond donors (Lipinski definition) is 2. The number of nitrogens with zero attached hydrogens (tertiary/aromatic N) is 2. The van der Waals surface area contributed by atoms with Crippen LogP contribution in [-0.2, 0) is 6.42 Å².